The number of hydrogen-bond acceptors (Lipinski definition) is 5. The first-order valence-corrected chi connectivity index (χ1v) is 13.0. The highest BCUT2D eigenvalue weighted by molar-refractivity contribution is 7.99. The minimum Gasteiger partial charge on any atom is -0.351 e. The predicted molar refractivity (Wildman–Crippen MR) is 135 cm³/mol. The quantitative estimate of drug-likeness (QED) is 0.477. The van der Waals surface area contributed by atoms with E-state index in [-0.39, 0.29) is 30.0 Å². The fourth-order valence-electron chi connectivity index (χ4n) is 3.73. The van der Waals surface area contributed by atoms with Gasteiger partial charge in [-0.15, -0.1) is 0 Å². The van der Waals surface area contributed by atoms with Gasteiger partial charge in [-0.25, -0.2) is 0 Å². The number of benzene rings is 1. The minimum absolute atomic E-state index is 0.172. The van der Waals surface area contributed by atoms with Crippen LogP contribution >= 0.6 is 11.8 Å². The summed E-state index contributed by atoms with van der Waals surface area (Å²) in [6.07, 6.45) is 3.28. The highest BCUT2D eigenvalue weighted by atomic mass is 32.2. The molecule has 34 heavy (non-hydrogen) atoms. The molecule has 3 rings (SSSR count). The van der Waals surface area contributed by atoms with E-state index in [1.807, 2.05) is 43.0 Å². The Bertz CT molecular complexity index is 1020. The van der Waals surface area contributed by atoms with Crippen LogP contribution in [0.25, 0.3) is 0 Å². The summed E-state index contributed by atoms with van der Waals surface area (Å²) in [6.45, 7) is 7.01. The van der Waals surface area contributed by atoms with Crippen LogP contribution in [0.4, 0.5) is 0 Å². The molecule has 0 fully saturated rings. The smallest absolute Gasteiger partial charge is 0.272 e. The second-order valence-electron chi connectivity index (χ2n) is 8.95. The van der Waals surface area contributed by atoms with E-state index < -0.39 is 5.54 Å². The van der Waals surface area contributed by atoms with Crippen LogP contribution in [-0.4, -0.2) is 63.0 Å². The van der Waals surface area contributed by atoms with Crippen LogP contribution in [0.1, 0.15) is 65.2 Å². The van der Waals surface area contributed by atoms with Crippen LogP contribution in [0.2, 0.25) is 0 Å². The molecule has 0 spiro atoms. The zero-order valence-corrected chi connectivity index (χ0v) is 21.3. The average Bonchev–Trinajstić information content (AvgIpc) is 3.25. The SMILES string of the molecule is CCCCSCCCNC(=O)c1cc2n(n1)C[C@](C)(C(=O)NCc1ccc(C)cc1)N(C)C2=O. The number of nitrogens with one attached hydrogen (secondary N) is 2. The number of aryl methyl sites for hydroxylation is 1. The molecule has 1 aromatic carbocycles. The van der Waals surface area contributed by atoms with Crippen LogP contribution in [0.5, 0.6) is 0 Å². The summed E-state index contributed by atoms with van der Waals surface area (Å²) in [5.41, 5.74) is 1.52. The molecule has 1 aliphatic heterocycles. The van der Waals surface area contributed by atoms with Crippen molar-refractivity contribution in [2.24, 2.45) is 0 Å². The van der Waals surface area contributed by atoms with Crippen molar-refractivity contribution in [3.63, 3.8) is 0 Å². The molecule has 0 saturated heterocycles. The van der Waals surface area contributed by atoms with E-state index in [9.17, 15) is 14.4 Å². The third kappa shape index (κ3) is 6.00. The van der Waals surface area contributed by atoms with Crippen LogP contribution in [0.3, 0.4) is 0 Å². The summed E-state index contributed by atoms with van der Waals surface area (Å²) in [5, 5.41) is 10.2. The highest BCUT2D eigenvalue weighted by Crippen LogP contribution is 2.26. The van der Waals surface area contributed by atoms with Gasteiger partial charge in [-0.1, -0.05) is 43.2 Å². The molecule has 8 nitrogen and oxygen atoms in total. The van der Waals surface area contributed by atoms with E-state index >= 15 is 0 Å². The summed E-state index contributed by atoms with van der Waals surface area (Å²) in [5.74, 6) is 1.24. The van der Waals surface area contributed by atoms with Gasteiger partial charge in [-0.3, -0.25) is 19.1 Å². The first kappa shape index (κ1) is 25.8. The van der Waals surface area contributed by atoms with Gasteiger partial charge in [0, 0.05) is 26.2 Å². The first-order valence-electron chi connectivity index (χ1n) is 11.8. The normalized spacial score (nSPS) is 17.4. The van der Waals surface area contributed by atoms with Crippen molar-refractivity contribution in [3.05, 3.63) is 52.8 Å². The molecule has 0 bridgehead atoms. The fraction of sp³-hybridized carbons (Fsp3) is 0.520. The van der Waals surface area contributed by atoms with Gasteiger partial charge in [0.1, 0.15) is 11.2 Å². The largest absolute Gasteiger partial charge is 0.351 e. The van der Waals surface area contributed by atoms with Crippen molar-refractivity contribution in [2.45, 2.75) is 58.7 Å². The molecule has 1 aliphatic rings. The number of nitrogens with zero attached hydrogens (tertiary/aromatic N) is 3. The molecule has 0 aliphatic carbocycles. The molecule has 1 aromatic heterocycles. The van der Waals surface area contributed by atoms with Gasteiger partial charge in [0.2, 0.25) is 5.91 Å². The Morgan fingerprint density at radius 2 is 1.85 bits per heavy atom. The van der Waals surface area contributed by atoms with Crippen LogP contribution in [0.15, 0.2) is 30.3 Å². The number of likely N-dealkylation sites (N-methyl/N-ethyl adjacent to an activating group) is 1. The second-order valence-corrected chi connectivity index (χ2v) is 10.2. The lowest BCUT2D eigenvalue weighted by molar-refractivity contribution is -0.132. The van der Waals surface area contributed by atoms with Gasteiger partial charge in [0.15, 0.2) is 5.69 Å². The molecule has 0 radical (unpaired) electrons. The van der Waals surface area contributed by atoms with Crippen LogP contribution in [-0.2, 0) is 17.9 Å². The Morgan fingerprint density at radius 1 is 1.15 bits per heavy atom. The van der Waals surface area contributed by atoms with Crippen molar-refractivity contribution in [2.75, 3.05) is 25.1 Å². The molecule has 2 heterocycles. The summed E-state index contributed by atoms with van der Waals surface area (Å²) in [6, 6.07) is 9.43. The maximum absolute atomic E-state index is 13.1. The van der Waals surface area contributed by atoms with Gasteiger partial charge in [-0.05, 0) is 43.8 Å². The van der Waals surface area contributed by atoms with Gasteiger partial charge in [0.25, 0.3) is 11.8 Å². The van der Waals surface area contributed by atoms with E-state index in [4.69, 9.17) is 0 Å². The monoisotopic (exact) mass is 485 g/mol. The summed E-state index contributed by atoms with van der Waals surface area (Å²) < 4.78 is 1.48. The predicted octanol–water partition coefficient (Wildman–Crippen LogP) is 3.01. The minimum atomic E-state index is -1.12. The van der Waals surface area contributed by atoms with Crippen molar-refractivity contribution < 1.29 is 14.4 Å². The number of carbonyl (C=O) groups excluding carboxylic acids is 3. The average molecular weight is 486 g/mol. The Morgan fingerprint density at radius 3 is 2.56 bits per heavy atom. The van der Waals surface area contributed by atoms with Crippen molar-refractivity contribution >= 4 is 29.5 Å². The van der Waals surface area contributed by atoms with Gasteiger partial charge < -0.3 is 15.5 Å². The van der Waals surface area contributed by atoms with E-state index in [1.54, 1.807) is 14.0 Å². The van der Waals surface area contributed by atoms with E-state index in [0.29, 0.717) is 18.8 Å². The third-order valence-electron chi connectivity index (χ3n) is 6.19. The molecular weight excluding hydrogens is 450 g/mol. The topological polar surface area (TPSA) is 96.3 Å². The van der Waals surface area contributed by atoms with Crippen molar-refractivity contribution in [3.8, 4) is 0 Å². The van der Waals surface area contributed by atoms with Gasteiger partial charge in [-0.2, -0.15) is 16.9 Å². The van der Waals surface area contributed by atoms with E-state index in [0.717, 1.165) is 29.1 Å². The lowest BCUT2D eigenvalue weighted by Gasteiger charge is -2.40. The second kappa shape index (κ2) is 11.6. The van der Waals surface area contributed by atoms with Gasteiger partial charge in [0.05, 0.1) is 6.54 Å². The Labute approximate surface area is 205 Å². The van der Waals surface area contributed by atoms with Gasteiger partial charge >= 0.3 is 0 Å². The molecule has 0 saturated carbocycles. The molecule has 184 valence electrons. The number of unbranched alkanes of at least 4 members (excludes halogenated alkanes) is 1. The third-order valence-corrected chi connectivity index (χ3v) is 7.35. The molecule has 9 heteroatoms. The number of rotatable bonds is 11. The van der Waals surface area contributed by atoms with Crippen LogP contribution in [0, 0.1) is 6.92 Å². The number of thioether (sulfide) groups is 1. The molecule has 0 unspecified atom stereocenters. The molecule has 2 N–H and O–H groups in total. The number of hydrogen-bond donors (Lipinski definition) is 2. The Balaban J connectivity index is 1.60. The lowest BCUT2D eigenvalue weighted by Crippen LogP contribution is -2.62. The van der Waals surface area contributed by atoms with E-state index in [1.165, 1.54) is 28.5 Å². The fourth-order valence-corrected chi connectivity index (χ4v) is 4.78. The van der Waals surface area contributed by atoms with Crippen LogP contribution < -0.4 is 10.6 Å². The summed E-state index contributed by atoms with van der Waals surface area (Å²) in [7, 11) is 1.61. The molecular formula is C25H35N5O3S. The first-order chi connectivity index (χ1) is 16.3. The molecule has 2 aromatic rings. The standard InChI is InChI=1S/C25H35N5O3S/c1-5-6-13-34-14-7-12-26-22(31)20-15-21-23(32)29(4)25(3,17-30(21)28-20)24(33)27-16-19-10-8-18(2)9-11-19/h8-11,15H,5-7,12-14,16-17H2,1-4H3,(H,26,31)(H,27,33)/t25-/m1/s1. The number of fused-ring (bicyclic) bond motifs is 1. The number of aromatic nitrogens is 2. The number of carbonyl (C=O) groups is 3. The lowest BCUT2D eigenvalue weighted by atomic mass is 9.95. The Hall–Kier alpha value is -2.81. The Kier molecular flexibility index (Phi) is 8.77. The summed E-state index contributed by atoms with van der Waals surface area (Å²) >= 11 is 1.89. The maximum atomic E-state index is 13.1. The van der Waals surface area contributed by atoms with E-state index in [2.05, 4.69) is 22.7 Å². The summed E-state index contributed by atoms with van der Waals surface area (Å²) in [4.78, 5) is 40.1. The molecule has 1 atom stereocenters. The number of amides is 3. The highest BCUT2D eigenvalue weighted by Gasteiger charge is 2.46. The zero-order chi connectivity index (χ0) is 24.7. The van der Waals surface area contributed by atoms with Crippen molar-refractivity contribution in [1.82, 2.24) is 25.3 Å². The molecule has 3 amide bonds. The van der Waals surface area contributed by atoms with Crippen molar-refractivity contribution in [1.29, 1.82) is 0 Å². The zero-order valence-electron chi connectivity index (χ0n) is 20.5. The maximum Gasteiger partial charge on any atom is 0.272 e.